The summed E-state index contributed by atoms with van der Waals surface area (Å²) in [6.07, 6.45) is 5.64. The molecule has 10 heteroatoms. The summed E-state index contributed by atoms with van der Waals surface area (Å²) in [5.74, 6) is -2.30. The second-order valence-electron chi connectivity index (χ2n) is 11.3. The van der Waals surface area contributed by atoms with Gasteiger partial charge in [0.05, 0.1) is 17.1 Å². The third kappa shape index (κ3) is 5.51. The molecular formula is C35H29F2N7O. The molecule has 45 heavy (non-hydrogen) atoms. The lowest BCUT2D eigenvalue weighted by Gasteiger charge is -2.17. The van der Waals surface area contributed by atoms with Crippen LogP contribution in [0, 0.1) is 11.6 Å². The number of aromatic nitrogens is 4. The van der Waals surface area contributed by atoms with E-state index in [9.17, 15) is 13.6 Å². The molecule has 224 valence electrons. The lowest BCUT2D eigenvalue weighted by molar-refractivity contribution is 0.101. The van der Waals surface area contributed by atoms with Gasteiger partial charge in [0, 0.05) is 35.4 Å². The van der Waals surface area contributed by atoms with E-state index in [4.69, 9.17) is 9.97 Å². The molecule has 2 N–H and O–H groups in total. The van der Waals surface area contributed by atoms with Gasteiger partial charge in [-0.1, -0.05) is 30.3 Å². The van der Waals surface area contributed by atoms with Crippen molar-refractivity contribution in [3.05, 3.63) is 126 Å². The van der Waals surface area contributed by atoms with Gasteiger partial charge in [0.1, 0.15) is 22.8 Å². The number of hydrogen-bond donors (Lipinski definition) is 2. The standard InChI is InChI=1S/C35H29F2N7O/c1-43(2)26-19-21-12-13-25(18-23(21)20-26)40-35-38-15-14-29(41-35)33-32(42-30-11-3-4-16-44(30)33)22-7-5-8-24(17-22)39-34(45)31-27(36)9-6-10-28(31)37/h3-18,26H,19-20H2,1-2H3,(H,39,45)(H,38,40,41). The fourth-order valence-electron chi connectivity index (χ4n) is 5.81. The summed E-state index contributed by atoms with van der Waals surface area (Å²) < 4.78 is 30.4. The summed E-state index contributed by atoms with van der Waals surface area (Å²) in [6.45, 7) is 0. The maximum absolute atomic E-state index is 14.2. The Hall–Kier alpha value is -5.48. The molecule has 1 aliphatic rings. The van der Waals surface area contributed by atoms with E-state index in [0.29, 0.717) is 40.3 Å². The van der Waals surface area contributed by atoms with Crippen molar-refractivity contribution in [3.8, 4) is 22.6 Å². The van der Waals surface area contributed by atoms with Gasteiger partial charge in [-0.15, -0.1) is 0 Å². The van der Waals surface area contributed by atoms with Crippen LogP contribution in [0.25, 0.3) is 28.3 Å². The highest BCUT2D eigenvalue weighted by molar-refractivity contribution is 6.05. The second-order valence-corrected chi connectivity index (χ2v) is 11.3. The lowest BCUT2D eigenvalue weighted by Crippen LogP contribution is -2.27. The number of benzene rings is 3. The number of fused-ring (bicyclic) bond motifs is 2. The first-order valence-corrected chi connectivity index (χ1v) is 14.6. The number of halogens is 2. The summed E-state index contributed by atoms with van der Waals surface area (Å²) in [6, 6.07) is 24.7. The van der Waals surface area contributed by atoms with Gasteiger partial charge < -0.3 is 15.5 Å². The summed E-state index contributed by atoms with van der Waals surface area (Å²) in [5, 5.41) is 5.98. The molecule has 3 aromatic carbocycles. The number of nitrogens with zero attached hydrogens (tertiary/aromatic N) is 5. The van der Waals surface area contributed by atoms with Gasteiger partial charge >= 0.3 is 0 Å². The first kappa shape index (κ1) is 28.3. The third-order valence-electron chi connectivity index (χ3n) is 8.12. The zero-order valence-corrected chi connectivity index (χ0v) is 24.6. The average Bonchev–Trinajstić information content (AvgIpc) is 3.63. The van der Waals surface area contributed by atoms with E-state index in [1.165, 1.54) is 17.2 Å². The molecule has 0 saturated heterocycles. The molecule has 0 saturated carbocycles. The smallest absolute Gasteiger partial charge is 0.261 e. The number of carbonyl (C=O) groups excluding carboxylic acids is 1. The van der Waals surface area contributed by atoms with Crippen molar-refractivity contribution < 1.29 is 13.6 Å². The zero-order valence-electron chi connectivity index (χ0n) is 24.6. The number of hydrogen-bond acceptors (Lipinski definition) is 6. The number of imidazole rings is 1. The van der Waals surface area contributed by atoms with Crippen LogP contribution in [0.3, 0.4) is 0 Å². The van der Waals surface area contributed by atoms with Crippen LogP contribution in [0.1, 0.15) is 21.5 Å². The van der Waals surface area contributed by atoms with Crippen LogP contribution in [0.5, 0.6) is 0 Å². The fourth-order valence-corrected chi connectivity index (χ4v) is 5.81. The van der Waals surface area contributed by atoms with Crippen LogP contribution in [0.2, 0.25) is 0 Å². The van der Waals surface area contributed by atoms with Crippen LogP contribution in [0.15, 0.2) is 97.3 Å². The number of nitrogens with one attached hydrogen (secondary N) is 2. The van der Waals surface area contributed by atoms with E-state index >= 15 is 0 Å². The number of anilines is 3. The Labute approximate surface area is 258 Å². The molecule has 1 aliphatic carbocycles. The Balaban J connectivity index is 1.22. The molecule has 0 fully saturated rings. The van der Waals surface area contributed by atoms with E-state index in [-0.39, 0.29) is 0 Å². The maximum atomic E-state index is 14.2. The van der Waals surface area contributed by atoms with Gasteiger partial charge in [0.2, 0.25) is 5.95 Å². The van der Waals surface area contributed by atoms with E-state index in [1.807, 2.05) is 40.9 Å². The Morgan fingerprint density at radius 2 is 1.67 bits per heavy atom. The number of amides is 1. The second kappa shape index (κ2) is 11.5. The highest BCUT2D eigenvalue weighted by Crippen LogP contribution is 2.34. The van der Waals surface area contributed by atoms with Crippen LogP contribution in [-0.4, -0.2) is 50.3 Å². The first-order valence-electron chi connectivity index (χ1n) is 14.6. The molecular weight excluding hydrogens is 572 g/mol. The van der Waals surface area contributed by atoms with Gasteiger partial charge in [-0.3, -0.25) is 9.20 Å². The van der Waals surface area contributed by atoms with Crippen LogP contribution < -0.4 is 10.6 Å². The summed E-state index contributed by atoms with van der Waals surface area (Å²) in [5.41, 5.74) is 6.69. The monoisotopic (exact) mass is 601 g/mol. The number of carbonyl (C=O) groups is 1. The molecule has 7 rings (SSSR count). The van der Waals surface area contributed by atoms with E-state index in [1.54, 1.807) is 24.4 Å². The number of pyridine rings is 1. The number of rotatable bonds is 7. The van der Waals surface area contributed by atoms with Crippen LogP contribution in [0.4, 0.5) is 26.1 Å². The minimum absolute atomic E-state index is 0.362. The first-order chi connectivity index (χ1) is 21.8. The normalized spacial score (nSPS) is 14.1. The Bertz CT molecular complexity index is 2050. The molecule has 1 atom stereocenters. The van der Waals surface area contributed by atoms with E-state index < -0.39 is 23.1 Å². The van der Waals surface area contributed by atoms with Gasteiger partial charge in [0.25, 0.3) is 5.91 Å². The molecule has 3 heterocycles. The van der Waals surface area contributed by atoms with Crippen molar-refractivity contribution in [2.24, 2.45) is 0 Å². The topological polar surface area (TPSA) is 87.5 Å². The molecule has 8 nitrogen and oxygen atoms in total. The zero-order chi connectivity index (χ0) is 31.1. The summed E-state index contributed by atoms with van der Waals surface area (Å²) in [4.78, 5) is 29.3. The fraction of sp³-hybridized carbons (Fsp3) is 0.143. The highest BCUT2D eigenvalue weighted by atomic mass is 19.1. The number of likely N-dealkylation sites (N-methyl/N-ethyl adjacent to an activating group) is 1. The van der Waals surface area contributed by atoms with Crippen molar-refractivity contribution in [1.29, 1.82) is 0 Å². The van der Waals surface area contributed by atoms with Crippen molar-refractivity contribution in [3.63, 3.8) is 0 Å². The lowest BCUT2D eigenvalue weighted by atomic mass is 10.1. The Morgan fingerprint density at radius 1 is 0.867 bits per heavy atom. The van der Waals surface area contributed by atoms with Gasteiger partial charge in [-0.05, 0) is 92.7 Å². The molecule has 3 aromatic heterocycles. The molecule has 0 radical (unpaired) electrons. The van der Waals surface area contributed by atoms with Crippen LogP contribution >= 0.6 is 0 Å². The molecule has 1 unspecified atom stereocenters. The Kier molecular flexibility index (Phi) is 7.26. The van der Waals surface area contributed by atoms with Gasteiger partial charge in [0.15, 0.2) is 0 Å². The summed E-state index contributed by atoms with van der Waals surface area (Å²) >= 11 is 0. The summed E-state index contributed by atoms with van der Waals surface area (Å²) in [7, 11) is 4.23. The molecule has 6 aromatic rings. The van der Waals surface area contributed by atoms with Crippen molar-refractivity contribution in [2.75, 3.05) is 24.7 Å². The molecule has 1 amide bonds. The van der Waals surface area contributed by atoms with Crippen molar-refractivity contribution in [2.45, 2.75) is 18.9 Å². The van der Waals surface area contributed by atoms with Crippen molar-refractivity contribution >= 4 is 28.9 Å². The predicted octanol–water partition coefficient (Wildman–Crippen LogP) is 6.76. The minimum Gasteiger partial charge on any atom is -0.324 e. The van der Waals surface area contributed by atoms with Gasteiger partial charge in [-0.25, -0.2) is 23.7 Å². The van der Waals surface area contributed by atoms with Crippen LogP contribution in [-0.2, 0) is 12.8 Å². The maximum Gasteiger partial charge on any atom is 0.261 e. The molecule has 0 aliphatic heterocycles. The minimum atomic E-state index is -0.933. The van der Waals surface area contributed by atoms with Crippen molar-refractivity contribution in [1.82, 2.24) is 24.3 Å². The molecule has 0 spiro atoms. The van der Waals surface area contributed by atoms with E-state index in [0.717, 1.165) is 36.4 Å². The predicted molar refractivity (Wildman–Crippen MR) is 171 cm³/mol. The van der Waals surface area contributed by atoms with E-state index in [2.05, 4.69) is 52.8 Å². The average molecular weight is 602 g/mol. The molecule has 0 bridgehead atoms. The SMILES string of the molecule is CN(C)C1Cc2ccc(Nc3nccc(-c4c(-c5cccc(NC(=O)c6c(F)cccc6F)c5)nc5ccccn45)n3)cc2C1. The quantitative estimate of drug-likeness (QED) is 0.210. The highest BCUT2D eigenvalue weighted by Gasteiger charge is 2.24. The Morgan fingerprint density at radius 3 is 2.49 bits per heavy atom. The largest absolute Gasteiger partial charge is 0.324 e. The van der Waals surface area contributed by atoms with Gasteiger partial charge in [-0.2, -0.15) is 0 Å². The third-order valence-corrected chi connectivity index (χ3v) is 8.12.